The number of ether oxygens (including phenoxy) is 2. The minimum absolute atomic E-state index is 0.193. The van der Waals surface area contributed by atoms with Gasteiger partial charge in [-0.25, -0.2) is 9.69 Å². The summed E-state index contributed by atoms with van der Waals surface area (Å²) in [6, 6.07) is 23.4. The molecule has 0 aromatic heterocycles. The number of aryl methyl sites for hydroxylation is 1. The summed E-state index contributed by atoms with van der Waals surface area (Å²) in [5.41, 5.74) is 3.38. The minimum Gasteiger partial charge on any atom is -0.489 e. The molecule has 4 amide bonds. The number of carbonyl (C=O) groups is 3. The maximum absolute atomic E-state index is 13.3. The minimum atomic E-state index is -0.860. The zero-order chi connectivity index (χ0) is 29.8. The molecule has 1 aliphatic heterocycles. The van der Waals surface area contributed by atoms with Crippen LogP contribution < -0.4 is 19.7 Å². The molecule has 0 spiro atoms. The number of urea groups is 1. The van der Waals surface area contributed by atoms with Gasteiger partial charge in [0.05, 0.1) is 10.7 Å². The summed E-state index contributed by atoms with van der Waals surface area (Å²) in [6.45, 7) is 2.53. The number of hydrogen-bond acceptors (Lipinski definition) is 5. The third kappa shape index (κ3) is 6.77. The van der Waals surface area contributed by atoms with Gasteiger partial charge in [0.25, 0.3) is 11.8 Å². The predicted molar refractivity (Wildman–Crippen MR) is 163 cm³/mol. The first-order valence-corrected chi connectivity index (χ1v) is 13.9. The SMILES string of the molecule is Cc1cccc(COc2ccc(/C=C3\C(=O)NC(=O)N(c4ccc(OCc5ccc(Cl)cc5Cl)cc4)C3=O)cc2Cl)c1. The van der Waals surface area contributed by atoms with Gasteiger partial charge in [-0.15, -0.1) is 0 Å². The summed E-state index contributed by atoms with van der Waals surface area (Å²) >= 11 is 18.6. The zero-order valence-corrected chi connectivity index (χ0v) is 24.5. The van der Waals surface area contributed by atoms with Crippen molar-refractivity contribution in [3.05, 3.63) is 128 Å². The fraction of sp³-hybridized carbons (Fsp3) is 0.0938. The van der Waals surface area contributed by atoms with Gasteiger partial charge in [-0.1, -0.05) is 76.8 Å². The van der Waals surface area contributed by atoms with Gasteiger partial charge in [0, 0.05) is 15.6 Å². The summed E-state index contributed by atoms with van der Waals surface area (Å²) < 4.78 is 11.6. The van der Waals surface area contributed by atoms with Gasteiger partial charge in [0.1, 0.15) is 30.3 Å². The van der Waals surface area contributed by atoms with Gasteiger partial charge >= 0.3 is 6.03 Å². The number of amides is 4. The molecular formula is C32H23Cl3N2O5. The quantitative estimate of drug-likeness (QED) is 0.160. The predicted octanol–water partition coefficient (Wildman–Crippen LogP) is 7.78. The Hall–Kier alpha value is -4.30. The van der Waals surface area contributed by atoms with Gasteiger partial charge < -0.3 is 9.47 Å². The van der Waals surface area contributed by atoms with Crippen molar-refractivity contribution in [3.63, 3.8) is 0 Å². The van der Waals surface area contributed by atoms with Crippen molar-refractivity contribution in [1.29, 1.82) is 0 Å². The molecule has 0 radical (unpaired) electrons. The molecule has 1 N–H and O–H groups in total. The van der Waals surface area contributed by atoms with Crippen molar-refractivity contribution in [1.82, 2.24) is 5.32 Å². The highest BCUT2D eigenvalue weighted by Crippen LogP contribution is 2.29. The molecule has 4 aromatic rings. The molecule has 42 heavy (non-hydrogen) atoms. The highest BCUT2D eigenvalue weighted by Gasteiger charge is 2.36. The van der Waals surface area contributed by atoms with Crippen LogP contribution in [0.25, 0.3) is 6.08 Å². The number of nitrogens with one attached hydrogen (secondary N) is 1. The summed E-state index contributed by atoms with van der Waals surface area (Å²) in [5.74, 6) is -0.642. The average molecular weight is 622 g/mol. The van der Waals surface area contributed by atoms with Gasteiger partial charge in [-0.2, -0.15) is 0 Å². The highest BCUT2D eigenvalue weighted by atomic mass is 35.5. The number of rotatable bonds is 8. The number of barbiturate groups is 1. The standard InChI is InChI=1S/C32H23Cl3N2O5/c1-19-3-2-4-21(13-19)17-42-29-12-5-20(15-28(29)35)14-26-30(38)36-32(40)37(31(26)39)24-8-10-25(11-9-24)41-18-22-6-7-23(33)16-27(22)34/h2-16H,17-18H2,1H3,(H,36,38,40)/b26-14+. The molecule has 7 nitrogen and oxygen atoms in total. The van der Waals surface area contributed by atoms with Crippen LogP contribution >= 0.6 is 34.8 Å². The topological polar surface area (TPSA) is 84.9 Å². The number of hydrogen-bond donors (Lipinski definition) is 1. The van der Waals surface area contributed by atoms with Crippen LogP contribution in [0.1, 0.15) is 22.3 Å². The van der Waals surface area contributed by atoms with Gasteiger partial charge in [-0.3, -0.25) is 14.9 Å². The van der Waals surface area contributed by atoms with Crippen LogP contribution in [0.5, 0.6) is 11.5 Å². The lowest BCUT2D eigenvalue weighted by Gasteiger charge is -2.26. The number of anilines is 1. The van der Waals surface area contributed by atoms with E-state index >= 15 is 0 Å². The van der Waals surface area contributed by atoms with E-state index < -0.39 is 17.8 Å². The number of benzene rings is 4. The number of halogens is 3. The fourth-order valence-electron chi connectivity index (χ4n) is 4.24. The van der Waals surface area contributed by atoms with E-state index in [1.165, 1.54) is 6.08 Å². The van der Waals surface area contributed by atoms with Crippen LogP contribution in [-0.2, 0) is 22.8 Å². The first-order chi connectivity index (χ1) is 20.2. The third-order valence-electron chi connectivity index (χ3n) is 6.35. The highest BCUT2D eigenvalue weighted by molar-refractivity contribution is 6.39. The molecule has 1 aliphatic rings. The molecule has 1 heterocycles. The van der Waals surface area contributed by atoms with E-state index in [9.17, 15) is 14.4 Å². The van der Waals surface area contributed by atoms with E-state index in [0.717, 1.165) is 21.6 Å². The molecule has 0 bridgehead atoms. The Bertz CT molecular complexity index is 1720. The maximum atomic E-state index is 13.3. The summed E-state index contributed by atoms with van der Waals surface area (Å²) in [5, 5.41) is 3.52. The molecular weight excluding hydrogens is 599 g/mol. The van der Waals surface area contributed by atoms with E-state index in [0.29, 0.717) is 38.7 Å². The molecule has 1 saturated heterocycles. The van der Waals surface area contributed by atoms with Gasteiger partial charge in [0.2, 0.25) is 0 Å². The average Bonchev–Trinajstić information content (AvgIpc) is 2.95. The Morgan fingerprint density at radius 2 is 1.60 bits per heavy atom. The summed E-state index contributed by atoms with van der Waals surface area (Å²) in [4.78, 5) is 39.4. The van der Waals surface area contributed by atoms with Crippen molar-refractivity contribution in [2.24, 2.45) is 0 Å². The lowest BCUT2D eigenvalue weighted by atomic mass is 10.1. The summed E-state index contributed by atoms with van der Waals surface area (Å²) in [7, 11) is 0. The Kier molecular flexibility index (Phi) is 8.83. The van der Waals surface area contributed by atoms with Crippen LogP contribution in [-0.4, -0.2) is 17.8 Å². The van der Waals surface area contributed by atoms with Gasteiger partial charge in [0.15, 0.2) is 0 Å². The largest absolute Gasteiger partial charge is 0.489 e. The van der Waals surface area contributed by atoms with E-state index in [1.807, 2.05) is 31.2 Å². The second kappa shape index (κ2) is 12.7. The van der Waals surface area contributed by atoms with E-state index in [1.54, 1.807) is 60.7 Å². The van der Waals surface area contributed by atoms with Crippen LogP contribution in [0.4, 0.5) is 10.5 Å². The molecule has 10 heteroatoms. The molecule has 0 aliphatic carbocycles. The van der Waals surface area contributed by atoms with Crippen LogP contribution in [0.3, 0.4) is 0 Å². The van der Waals surface area contributed by atoms with E-state index in [-0.39, 0.29) is 17.9 Å². The Labute approximate surface area is 257 Å². The number of carbonyl (C=O) groups excluding carboxylic acids is 3. The fourth-order valence-corrected chi connectivity index (χ4v) is 4.94. The van der Waals surface area contributed by atoms with E-state index in [2.05, 4.69) is 5.32 Å². The van der Waals surface area contributed by atoms with Crippen molar-refractivity contribution >= 4 is 64.4 Å². The lowest BCUT2D eigenvalue weighted by molar-refractivity contribution is -0.122. The molecule has 4 aromatic carbocycles. The first-order valence-electron chi connectivity index (χ1n) is 12.7. The van der Waals surface area contributed by atoms with Crippen molar-refractivity contribution < 1.29 is 23.9 Å². The van der Waals surface area contributed by atoms with Crippen LogP contribution in [0, 0.1) is 6.92 Å². The molecule has 0 atom stereocenters. The normalized spacial score (nSPS) is 14.2. The molecule has 1 fully saturated rings. The molecule has 0 saturated carbocycles. The molecule has 5 rings (SSSR count). The van der Waals surface area contributed by atoms with E-state index in [4.69, 9.17) is 44.3 Å². The van der Waals surface area contributed by atoms with Crippen molar-refractivity contribution in [3.8, 4) is 11.5 Å². The lowest BCUT2D eigenvalue weighted by Crippen LogP contribution is -2.54. The van der Waals surface area contributed by atoms with Crippen LogP contribution in [0.15, 0.2) is 90.5 Å². The van der Waals surface area contributed by atoms with Crippen molar-refractivity contribution in [2.45, 2.75) is 20.1 Å². The monoisotopic (exact) mass is 620 g/mol. The second-order valence-corrected chi connectivity index (χ2v) is 10.7. The molecule has 212 valence electrons. The first kappa shape index (κ1) is 29.2. The van der Waals surface area contributed by atoms with Crippen molar-refractivity contribution in [2.75, 3.05) is 4.90 Å². The Morgan fingerprint density at radius 1 is 0.810 bits per heavy atom. The number of imide groups is 2. The number of nitrogens with zero attached hydrogens (tertiary/aromatic N) is 1. The smallest absolute Gasteiger partial charge is 0.335 e. The zero-order valence-electron chi connectivity index (χ0n) is 22.2. The molecule has 0 unspecified atom stereocenters. The third-order valence-corrected chi connectivity index (χ3v) is 7.23. The van der Waals surface area contributed by atoms with Crippen LogP contribution in [0.2, 0.25) is 15.1 Å². The van der Waals surface area contributed by atoms with Gasteiger partial charge in [-0.05, 0) is 72.7 Å². The Balaban J connectivity index is 1.29. The summed E-state index contributed by atoms with van der Waals surface area (Å²) in [6.07, 6.45) is 1.38. The Morgan fingerprint density at radius 3 is 2.31 bits per heavy atom. The second-order valence-electron chi connectivity index (χ2n) is 9.44. The maximum Gasteiger partial charge on any atom is 0.335 e.